The topological polar surface area (TPSA) is 194 Å². The average molecular weight is 614 g/mol. The Balaban J connectivity index is 1.48. The van der Waals surface area contributed by atoms with Gasteiger partial charge in [0, 0.05) is 16.9 Å². The molecule has 19 heteroatoms. The number of thioether (sulfide) groups is 2. The number of nitrogens with zero attached hydrogens (tertiary/aromatic N) is 7. The molecule has 2 atom stereocenters. The van der Waals surface area contributed by atoms with Crippen LogP contribution in [0.1, 0.15) is 5.69 Å². The van der Waals surface area contributed by atoms with Gasteiger partial charge in [-0.2, -0.15) is 0 Å². The number of aliphatic carboxylic acids is 1. The van der Waals surface area contributed by atoms with Crippen LogP contribution in [-0.4, -0.2) is 101 Å². The number of thiazole rings is 1. The number of tetrazole rings is 1. The number of carbonyl (C=O) groups excluding carboxylic acids is 3. The number of β-lactam (4-membered cyclic amide) rings is 1. The zero-order chi connectivity index (χ0) is 27.9. The smallest absolute Gasteiger partial charge is 0.352 e. The number of anilines is 1. The van der Waals surface area contributed by atoms with Crippen LogP contribution in [0.5, 0.6) is 0 Å². The molecular weight excluding hydrogens is 594 g/mol. The summed E-state index contributed by atoms with van der Waals surface area (Å²) in [5.41, 5.74) is 0.272. The van der Waals surface area contributed by atoms with Crippen molar-refractivity contribution in [3.8, 4) is 0 Å². The Morgan fingerprint density at radius 2 is 2.26 bits per heavy atom. The first kappa shape index (κ1) is 28.5. The largest absolute Gasteiger partial charge is 0.477 e. The molecule has 0 saturated carbocycles. The van der Waals surface area contributed by atoms with Crippen LogP contribution < -0.4 is 10.6 Å². The monoisotopic (exact) mass is 613 g/mol. The number of hydrogen-bond acceptors (Lipinski definition) is 13. The third kappa shape index (κ3) is 6.23. The highest BCUT2D eigenvalue weighted by Gasteiger charge is 2.54. The lowest BCUT2D eigenvalue weighted by Crippen LogP contribution is -2.71. The first-order chi connectivity index (χ1) is 18.9. The van der Waals surface area contributed by atoms with E-state index in [4.69, 9.17) is 16.4 Å². The molecule has 0 radical (unpaired) electrons. The van der Waals surface area contributed by atoms with Crippen molar-refractivity contribution in [2.75, 3.05) is 29.3 Å². The number of rotatable bonds is 14. The van der Waals surface area contributed by atoms with Crippen molar-refractivity contribution in [1.82, 2.24) is 35.4 Å². The Morgan fingerprint density at radius 3 is 2.97 bits per heavy atom. The molecule has 4 heterocycles. The lowest BCUT2D eigenvalue weighted by atomic mass is 10.0. The maximum atomic E-state index is 13.1. The number of carboxylic acid groups (broad SMARTS) is 1. The first-order valence-electron chi connectivity index (χ1n) is 11.0. The minimum Gasteiger partial charge on any atom is -0.477 e. The van der Waals surface area contributed by atoms with E-state index in [-0.39, 0.29) is 40.5 Å². The lowest BCUT2D eigenvalue weighted by molar-refractivity contribution is -0.150. The van der Waals surface area contributed by atoms with Gasteiger partial charge in [0.2, 0.25) is 11.6 Å². The molecule has 2 aromatic heterocycles. The molecule has 0 aromatic carbocycles. The molecule has 3 N–H and O–H groups in total. The summed E-state index contributed by atoms with van der Waals surface area (Å²) in [6.45, 7) is 4.06. The van der Waals surface area contributed by atoms with Crippen LogP contribution in [-0.2, 0) is 30.6 Å². The maximum absolute atomic E-state index is 13.1. The summed E-state index contributed by atoms with van der Waals surface area (Å²) >= 11 is 9.23. The third-order valence-electron chi connectivity index (χ3n) is 5.18. The normalized spacial score (nSPS) is 18.7. The molecule has 4 rings (SSSR count). The zero-order valence-corrected chi connectivity index (χ0v) is 23.1. The van der Waals surface area contributed by atoms with E-state index in [0.29, 0.717) is 29.4 Å². The summed E-state index contributed by atoms with van der Waals surface area (Å²) in [6.07, 6.45) is 2.07. The number of nitrogens with one attached hydrogen (secondary N) is 2. The fourth-order valence-corrected chi connectivity index (χ4v) is 6.64. The molecule has 0 aliphatic carbocycles. The van der Waals surface area contributed by atoms with Crippen molar-refractivity contribution >= 4 is 81.5 Å². The van der Waals surface area contributed by atoms with Crippen LogP contribution in [0.4, 0.5) is 5.13 Å². The molecule has 1 unspecified atom stereocenters. The summed E-state index contributed by atoms with van der Waals surface area (Å²) in [7, 11) is 0. The fourth-order valence-electron chi connectivity index (χ4n) is 3.54. The van der Waals surface area contributed by atoms with Crippen LogP contribution in [0.15, 0.2) is 39.6 Å². The number of amides is 3. The van der Waals surface area contributed by atoms with Gasteiger partial charge in [0.1, 0.15) is 29.4 Å². The van der Waals surface area contributed by atoms with Gasteiger partial charge in [-0.25, -0.2) is 14.5 Å². The van der Waals surface area contributed by atoms with E-state index in [1.807, 2.05) is 0 Å². The van der Waals surface area contributed by atoms with Gasteiger partial charge in [-0.05, 0) is 16.0 Å². The number of halogens is 1. The van der Waals surface area contributed by atoms with Gasteiger partial charge in [0.15, 0.2) is 10.8 Å². The fraction of sp³-hybridized carbons (Fsp3) is 0.350. The number of alkyl halides is 1. The SMILES string of the molecule is C=CCn1nnnc1SCC1=C(C(=O)O)N2C(=O)C(NC(=O)/C(=N\OCCCl)c3csc(NC=O)n3)[C@H]2SC1. The predicted molar refractivity (Wildman–Crippen MR) is 143 cm³/mol. The molecule has 1 fully saturated rings. The minimum atomic E-state index is -1.26. The van der Waals surface area contributed by atoms with E-state index in [9.17, 15) is 24.3 Å². The van der Waals surface area contributed by atoms with Crippen molar-refractivity contribution in [2.24, 2.45) is 5.16 Å². The highest BCUT2D eigenvalue weighted by atomic mass is 35.5. The van der Waals surface area contributed by atoms with Crippen LogP contribution in [0, 0.1) is 0 Å². The average Bonchev–Trinajstić information content (AvgIpc) is 3.57. The summed E-state index contributed by atoms with van der Waals surface area (Å²) in [4.78, 5) is 59.4. The van der Waals surface area contributed by atoms with Gasteiger partial charge in [0.25, 0.3) is 11.8 Å². The van der Waals surface area contributed by atoms with Gasteiger partial charge < -0.3 is 20.6 Å². The Morgan fingerprint density at radius 1 is 1.44 bits per heavy atom. The van der Waals surface area contributed by atoms with Gasteiger partial charge in [0.05, 0.1) is 12.4 Å². The van der Waals surface area contributed by atoms with E-state index < -0.39 is 29.2 Å². The molecule has 3 amide bonds. The summed E-state index contributed by atoms with van der Waals surface area (Å²) in [6, 6.07) is -1.00. The quantitative estimate of drug-likeness (QED) is 0.0388. The number of carboxylic acids is 1. The Bertz CT molecular complexity index is 1350. The second kappa shape index (κ2) is 13.0. The van der Waals surface area contributed by atoms with Gasteiger partial charge >= 0.3 is 5.97 Å². The number of fused-ring (bicyclic) bond motifs is 1. The van der Waals surface area contributed by atoms with Crippen LogP contribution in [0.2, 0.25) is 0 Å². The highest BCUT2D eigenvalue weighted by molar-refractivity contribution is 8.01. The van der Waals surface area contributed by atoms with Gasteiger partial charge in [-0.3, -0.25) is 19.3 Å². The molecular formula is C20H20ClN9O6S3. The highest BCUT2D eigenvalue weighted by Crippen LogP contribution is 2.41. The van der Waals surface area contributed by atoms with Gasteiger partial charge in [-0.1, -0.05) is 23.0 Å². The number of allylic oxidation sites excluding steroid dienone is 1. The van der Waals surface area contributed by atoms with E-state index in [1.165, 1.54) is 38.5 Å². The zero-order valence-electron chi connectivity index (χ0n) is 19.9. The molecule has 2 aliphatic rings. The summed E-state index contributed by atoms with van der Waals surface area (Å²) < 4.78 is 1.52. The lowest BCUT2D eigenvalue weighted by Gasteiger charge is -2.49. The molecule has 1 saturated heterocycles. The van der Waals surface area contributed by atoms with E-state index in [0.717, 1.165) is 11.3 Å². The Labute approximate surface area is 238 Å². The summed E-state index contributed by atoms with van der Waals surface area (Å²) in [5, 5.41) is 31.7. The number of aromatic nitrogens is 5. The van der Waals surface area contributed by atoms with Crippen LogP contribution in [0.3, 0.4) is 0 Å². The van der Waals surface area contributed by atoms with E-state index in [2.05, 4.69) is 42.9 Å². The predicted octanol–water partition coefficient (Wildman–Crippen LogP) is 0.374. The van der Waals surface area contributed by atoms with Crippen LogP contribution >= 0.6 is 46.5 Å². The second-order valence-electron chi connectivity index (χ2n) is 7.60. The maximum Gasteiger partial charge on any atom is 0.352 e. The van der Waals surface area contributed by atoms with Crippen molar-refractivity contribution < 1.29 is 29.1 Å². The number of oxime groups is 1. The van der Waals surface area contributed by atoms with E-state index >= 15 is 0 Å². The van der Waals surface area contributed by atoms with Crippen molar-refractivity contribution in [3.05, 3.63) is 35.0 Å². The Kier molecular flexibility index (Phi) is 9.54. The van der Waals surface area contributed by atoms with Crippen LogP contribution in [0.25, 0.3) is 0 Å². The number of carbonyl (C=O) groups is 4. The summed E-state index contributed by atoms with van der Waals surface area (Å²) in [5.74, 6) is -1.92. The van der Waals surface area contributed by atoms with Gasteiger partial charge in [-0.15, -0.1) is 46.4 Å². The van der Waals surface area contributed by atoms with Crippen molar-refractivity contribution in [3.63, 3.8) is 0 Å². The molecule has 0 spiro atoms. The molecule has 39 heavy (non-hydrogen) atoms. The number of hydrogen-bond donors (Lipinski definition) is 3. The molecule has 0 bridgehead atoms. The molecule has 206 valence electrons. The Hall–Kier alpha value is -3.48. The van der Waals surface area contributed by atoms with Crippen molar-refractivity contribution in [2.45, 2.75) is 23.1 Å². The molecule has 15 nitrogen and oxygen atoms in total. The second-order valence-corrected chi connectivity index (χ2v) is 10.9. The first-order valence-corrected chi connectivity index (χ1v) is 14.5. The third-order valence-corrected chi connectivity index (χ3v) is 8.49. The van der Waals surface area contributed by atoms with E-state index in [1.54, 1.807) is 6.08 Å². The molecule has 2 aliphatic heterocycles. The standard InChI is InChI=1S/C20H20ClN9O6S3/c1-2-4-29-20(25-27-28-29)39-7-10-6-37-17-13(16(33)30(17)14(10)18(34)35)24-15(32)12(26-36-5-3-21)11-8-38-19(23-11)22-9-31/h2,8-9,13,17H,1,3-7H2,(H,24,32)(H,34,35)(H,22,23,31)/b26-12-/t13?,17-/m1/s1. The van der Waals surface area contributed by atoms with Crippen molar-refractivity contribution in [1.29, 1.82) is 0 Å². The molecule has 2 aromatic rings. The minimum absolute atomic E-state index is 0.0179.